The first-order valence-electron chi connectivity index (χ1n) is 8.47. The number of nitrogens with zero attached hydrogens (tertiary/aromatic N) is 2. The molecule has 27 heavy (non-hydrogen) atoms. The number of para-hydroxylation sites is 1. The van der Waals surface area contributed by atoms with Gasteiger partial charge in [-0.05, 0) is 26.0 Å². The van der Waals surface area contributed by atoms with Gasteiger partial charge in [-0.25, -0.2) is 0 Å². The Morgan fingerprint density at radius 1 is 0.963 bits per heavy atom. The molecule has 1 aromatic carbocycles. The van der Waals surface area contributed by atoms with Crippen molar-refractivity contribution in [2.24, 2.45) is 5.41 Å². The molecule has 0 aliphatic carbocycles. The van der Waals surface area contributed by atoms with Crippen molar-refractivity contribution in [1.29, 1.82) is 0 Å². The smallest absolute Gasteiger partial charge is 0.339 e. The lowest BCUT2D eigenvalue weighted by Gasteiger charge is -2.37. The van der Waals surface area contributed by atoms with Gasteiger partial charge in [0.2, 0.25) is 17.7 Å². The minimum atomic E-state index is -4.62. The Labute approximate surface area is 155 Å². The Morgan fingerprint density at radius 2 is 1.48 bits per heavy atom. The highest BCUT2D eigenvalue weighted by atomic mass is 19.4. The van der Waals surface area contributed by atoms with Crippen LogP contribution < -0.4 is 5.32 Å². The number of amides is 3. The predicted molar refractivity (Wildman–Crippen MR) is 92.7 cm³/mol. The van der Waals surface area contributed by atoms with Crippen molar-refractivity contribution in [2.45, 2.75) is 26.9 Å². The average molecular weight is 385 g/mol. The Balaban J connectivity index is 2.12. The summed E-state index contributed by atoms with van der Waals surface area (Å²) in [6.45, 7) is 5.44. The highest BCUT2D eigenvalue weighted by molar-refractivity contribution is 6.10. The van der Waals surface area contributed by atoms with Crippen molar-refractivity contribution in [3.8, 4) is 0 Å². The maximum atomic E-state index is 13.1. The Morgan fingerprint density at radius 3 is 2.00 bits per heavy atom. The van der Waals surface area contributed by atoms with Gasteiger partial charge in [-0.15, -0.1) is 0 Å². The van der Waals surface area contributed by atoms with Crippen LogP contribution in [0, 0.1) is 5.41 Å². The quantitative estimate of drug-likeness (QED) is 0.813. The maximum Gasteiger partial charge on any atom is 0.418 e. The molecule has 0 saturated carbocycles. The SMILES string of the molecule is CC(=O)N1CCN(C(=O)C(C)(C)C(=O)Nc2ccccc2C(F)(F)F)CC1. The van der Waals surface area contributed by atoms with E-state index in [1.165, 1.54) is 37.8 Å². The largest absolute Gasteiger partial charge is 0.418 e. The second kappa shape index (κ2) is 7.58. The fourth-order valence-electron chi connectivity index (χ4n) is 2.83. The molecule has 6 nitrogen and oxygen atoms in total. The number of anilines is 1. The molecule has 148 valence electrons. The van der Waals surface area contributed by atoms with E-state index in [0.29, 0.717) is 13.1 Å². The summed E-state index contributed by atoms with van der Waals surface area (Å²) < 4.78 is 39.3. The van der Waals surface area contributed by atoms with E-state index in [0.717, 1.165) is 12.1 Å². The van der Waals surface area contributed by atoms with Gasteiger partial charge in [-0.2, -0.15) is 13.2 Å². The molecule has 0 aromatic heterocycles. The Bertz CT molecular complexity index is 739. The van der Waals surface area contributed by atoms with E-state index in [4.69, 9.17) is 0 Å². The van der Waals surface area contributed by atoms with Crippen molar-refractivity contribution in [2.75, 3.05) is 31.5 Å². The molecule has 1 aliphatic rings. The third-order valence-corrected chi connectivity index (χ3v) is 4.60. The Hall–Kier alpha value is -2.58. The molecule has 2 rings (SSSR count). The van der Waals surface area contributed by atoms with Crippen LogP contribution in [0.5, 0.6) is 0 Å². The van der Waals surface area contributed by atoms with Crippen molar-refractivity contribution >= 4 is 23.4 Å². The van der Waals surface area contributed by atoms with Gasteiger partial charge >= 0.3 is 6.18 Å². The van der Waals surface area contributed by atoms with E-state index in [1.54, 1.807) is 4.90 Å². The lowest BCUT2D eigenvalue weighted by molar-refractivity contribution is -0.149. The molecule has 1 fully saturated rings. The molecule has 1 saturated heterocycles. The average Bonchev–Trinajstić information content (AvgIpc) is 2.60. The highest BCUT2D eigenvalue weighted by Gasteiger charge is 2.41. The lowest BCUT2D eigenvalue weighted by Crippen LogP contribution is -2.55. The van der Waals surface area contributed by atoms with E-state index in [2.05, 4.69) is 5.32 Å². The van der Waals surface area contributed by atoms with Crippen LogP contribution >= 0.6 is 0 Å². The molecule has 0 spiro atoms. The summed E-state index contributed by atoms with van der Waals surface area (Å²) in [5, 5.41) is 2.23. The normalized spacial score (nSPS) is 15.5. The number of hydrogen-bond acceptors (Lipinski definition) is 3. The maximum absolute atomic E-state index is 13.1. The van der Waals surface area contributed by atoms with Gasteiger partial charge in [0.15, 0.2) is 0 Å². The van der Waals surface area contributed by atoms with E-state index < -0.39 is 34.7 Å². The van der Waals surface area contributed by atoms with E-state index in [-0.39, 0.29) is 19.0 Å². The van der Waals surface area contributed by atoms with Crippen LogP contribution in [-0.2, 0) is 20.6 Å². The van der Waals surface area contributed by atoms with Gasteiger partial charge in [0.05, 0.1) is 11.3 Å². The summed E-state index contributed by atoms with van der Waals surface area (Å²) >= 11 is 0. The summed E-state index contributed by atoms with van der Waals surface area (Å²) in [5.74, 6) is -1.41. The number of carbonyl (C=O) groups excluding carboxylic acids is 3. The standard InChI is InChI=1S/C18H22F3N3O3/c1-12(25)23-8-10-24(11-9-23)16(27)17(2,3)15(26)22-14-7-5-4-6-13(14)18(19,20)21/h4-7H,8-11H2,1-3H3,(H,22,26). The fourth-order valence-corrected chi connectivity index (χ4v) is 2.83. The summed E-state index contributed by atoms with van der Waals surface area (Å²) in [4.78, 5) is 39.7. The number of carbonyl (C=O) groups is 3. The minimum Gasteiger partial charge on any atom is -0.339 e. The predicted octanol–water partition coefficient (Wildman–Crippen LogP) is 2.36. The van der Waals surface area contributed by atoms with Gasteiger partial charge in [-0.1, -0.05) is 12.1 Å². The van der Waals surface area contributed by atoms with Crippen LogP contribution in [0.1, 0.15) is 26.3 Å². The zero-order chi connectivity index (χ0) is 20.4. The number of benzene rings is 1. The van der Waals surface area contributed by atoms with E-state index in [9.17, 15) is 27.6 Å². The lowest BCUT2D eigenvalue weighted by atomic mass is 9.89. The van der Waals surface area contributed by atoms with Gasteiger partial charge in [0, 0.05) is 33.1 Å². The second-order valence-electron chi connectivity index (χ2n) is 6.92. The van der Waals surface area contributed by atoms with Crippen molar-refractivity contribution in [3.05, 3.63) is 29.8 Å². The van der Waals surface area contributed by atoms with Crippen molar-refractivity contribution in [1.82, 2.24) is 9.80 Å². The molecule has 1 N–H and O–H groups in total. The van der Waals surface area contributed by atoms with E-state index in [1.807, 2.05) is 0 Å². The molecule has 1 aliphatic heterocycles. The third-order valence-electron chi connectivity index (χ3n) is 4.60. The summed E-state index contributed by atoms with van der Waals surface area (Å²) in [5.41, 5.74) is -2.93. The first kappa shape index (κ1) is 20.7. The molecule has 0 atom stereocenters. The van der Waals surface area contributed by atoms with Gasteiger partial charge < -0.3 is 15.1 Å². The van der Waals surface area contributed by atoms with Crippen LogP contribution in [0.4, 0.5) is 18.9 Å². The first-order valence-corrected chi connectivity index (χ1v) is 8.47. The Kier molecular flexibility index (Phi) is 5.82. The molecule has 1 heterocycles. The van der Waals surface area contributed by atoms with Gasteiger partial charge in [-0.3, -0.25) is 14.4 Å². The number of nitrogens with one attached hydrogen (secondary N) is 1. The third kappa shape index (κ3) is 4.58. The molecule has 3 amide bonds. The van der Waals surface area contributed by atoms with Gasteiger partial charge in [0.1, 0.15) is 5.41 Å². The number of alkyl halides is 3. The monoisotopic (exact) mass is 385 g/mol. The molecule has 0 bridgehead atoms. The zero-order valence-corrected chi connectivity index (χ0v) is 15.4. The molecular formula is C18H22F3N3O3. The van der Waals surface area contributed by atoms with Crippen LogP contribution in [-0.4, -0.2) is 53.7 Å². The molecule has 9 heteroatoms. The number of halogens is 3. The van der Waals surface area contributed by atoms with Crippen LogP contribution in [0.25, 0.3) is 0 Å². The van der Waals surface area contributed by atoms with Crippen molar-refractivity contribution < 1.29 is 27.6 Å². The summed E-state index contributed by atoms with van der Waals surface area (Å²) in [7, 11) is 0. The first-order chi connectivity index (χ1) is 12.4. The summed E-state index contributed by atoms with van der Waals surface area (Å²) in [6.07, 6.45) is -4.62. The van der Waals surface area contributed by atoms with Crippen LogP contribution in [0.3, 0.4) is 0 Å². The fraction of sp³-hybridized carbons (Fsp3) is 0.500. The second-order valence-corrected chi connectivity index (χ2v) is 6.92. The molecule has 0 radical (unpaired) electrons. The van der Waals surface area contributed by atoms with Crippen molar-refractivity contribution in [3.63, 3.8) is 0 Å². The van der Waals surface area contributed by atoms with Crippen LogP contribution in [0.15, 0.2) is 24.3 Å². The highest BCUT2D eigenvalue weighted by Crippen LogP contribution is 2.35. The molecule has 1 aromatic rings. The number of hydrogen-bond donors (Lipinski definition) is 1. The van der Waals surface area contributed by atoms with Crippen LogP contribution in [0.2, 0.25) is 0 Å². The molecular weight excluding hydrogens is 363 g/mol. The van der Waals surface area contributed by atoms with E-state index >= 15 is 0 Å². The zero-order valence-electron chi connectivity index (χ0n) is 15.4. The molecule has 0 unspecified atom stereocenters. The van der Waals surface area contributed by atoms with Gasteiger partial charge in [0.25, 0.3) is 0 Å². The number of piperazine rings is 1. The topological polar surface area (TPSA) is 69.7 Å². The number of rotatable bonds is 3. The minimum absolute atomic E-state index is 0.0946. The summed E-state index contributed by atoms with van der Waals surface area (Å²) in [6, 6.07) is 4.61.